The van der Waals surface area contributed by atoms with Crippen molar-refractivity contribution in [2.75, 3.05) is 12.4 Å². The van der Waals surface area contributed by atoms with Gasteiger partial charge < -0.3 is 15.2 Å². The largest absolute Gasteiger partial charge is 0.504 e. The Labute approximate surface area is 142 Å². The Kier molecular flexibility index (Phi) is 5.35. The third kappa shape index (κ3) is 3.48. The van der Waals surface area contributed by atoms with Crippen LogP contribution in [0.25, 0.3) is 0 Å². The normalized spacial score (nSPS) is 10.4. The predicted octanol–water partition coefficient (Wildman–Crippen LogP) is 5.30. The first-order valence-electron chi connectivity index (χ1n) is 5.76. The number of rotatable bonds is 4. The summed E-state index contributed by atoms with van der Waals surface area (Å²) in [6, 6.07) is 9.34. The average Bonchev–Trinajstić information content (AvgIpc) is 2.39. The molecule has 0 aliphatic heterocycles. The lowest BCUT2D eigenvalue weighted by Crippen LogP contribution is -2.02. The number of halogens is 3. The van der Waals surface area contributed by atoms with Crippen LogP contribution in [0.15, 0.2) is 43.7 Å². The van der Waals surface area contributed by atoms with Gasteiger partial charge in [0.15, 0.2) is 11.5 Å². The molecule has 0 bridgehead atoms. The summed E-state index contributed by atoms with van der Waals surface area (Å²) in [6.07, 6.45) is 0. The Morgan fingerprint density at radius 2 is 1.80 bits per heavy atom. The lowest BCUT2D eigenvalue weighted by molar-refractivity contribution is 0.371. The summed E-state index contributed by atoms with van der Waals surface area (Å²) in [5.41, 5.74) is 1.70. The molecule has 2 aromatic carbocycles. The van der Waals surface area contributed by atoms with E-state index in [2.05, 4.69) is 53.1 Å². The lowest BCUT2D eigenvalue weighted by Gasteiger charge is -2.13. The summed E-state index contributed by atoms with van der Waals surface area (Å²) >= 11 is 10.4. The third-order valence-corrected chi connectivity index (χ3v) is 4.47. The van der Waals surface area contributed by atoms with E-state index in [1.807, 2.05) is 24.3 Å². The molecule has 106 valence electrons. The third-order valence-electron chi connectivity index (χ3n) is 2.76. The summed E-state index contributed by atoms with van der Waals surface area (Å²) < 4.78 is 7.94. The second-order valence-electron chi connectivity index (χ2n) is 4.07. The fourth-order valence-electron chi connectivity index (χ4n) is 1.77. The van der Waals surface area contributed by atoms with E-state index in [4.69, 9.17) is 4.74 Å². The molecule has 2 aromatic rings. The van der Waals surface area contributed by atoms with Crippen molar-refractivity contribution in [2.24, 2.45) is 0 Å². The molecule has 0 aromatic heterocycles. The number of phenolic OH excluding ortho intramolecular Hbond substituents is 1. The second kappa shape index (κ2) is 6.83. The number of para-hydroxylation sites is 1. The Hall–Kier alpha value is -0.720. The second-order valence-corrected chi connectivity index (χ2v) is 6.69. The number of methoxy groups -OCH3 is 1. The van der Waals surface area contributed by atoms with Gasteiger partial charge in [0.2, 0.25) is 0 Å². The van der Waals surface area contributed by atoms with Crippen LogP contribution in [-0.2, 0) is 6.54 Å². The molecule has 0 radical (unpaired) electrons. The zero-order chi connectivity index (χ0) is 14.7. The van der Waals surface area contributed by atoms with Crippen LogP contribution in [-0.4, -0.2) is 12.2 Å². The Morgan fingerprint density at radius 3 is 2.40 bits per heavy atom. The van der Waals surface area contributed by atoms with Crippen LogP contribution < -0.4 is 10.1 Å². The summed E-state index contributed by atoms with van der Waals surface area (Å²) in [5, 5.41) is 13.3. The molecular weight excluding hydrogens is 454 g/mol. The van der Waals surface area contributed by atoms with Gasteiger partial charge in [0, 0.05) is 25.5 Å². The van der Waals surface area contributed by atoms with Gasteiger partial charge in [-0.05, 0) is 50.1 Å². The molecule has 2 N–H and O–H groups in total. The van der Waals surface area contributed by atoms with Crippen LogP contribution in [0.2, 0.25) is 0 Å². The lowest BCUT2D eigenvalue weighted by atomic mass is 10.2. The van der Waals surface area contributed by atoms with Crippen molar-refractivity contribution in [2.45, 2.75) is 6.54 Å². The van der Waals surface area contributed by atoms with Crippen molar-refractivity contribution < 1.29 is 9.84 Å². The summed E-state index contributed by atoms with van der Waals surface area (Å²) in [4.78, 5) is 0. The van der Waals surface area contributed by atoms with Crippen LogP contribution in [0, 0.1) is 0 Å². The molecule has 0 saturated carbocycles. The monoisotopic (exact) mass is 463 g/mol. The van der Waals surface area contributed by atoms with Crippen LogP contribution in [0.1, 0.15) is 5.56 Å². The Balaban J connectivity index is 2.21. The van der Waals surface area contributed by atoms with Gasteiger partial charge >= 0.3 is 0 Å². The highest BCUT2D eigenvalue weighted by Gasteiger charge is 2.10. The highest BCUT2D eigenvalue weighted by atomic mass is 79.9. The van der Waals surface area contributed by atoms with Crippen molar-refractivity contribution in [1.29, 1.82) is 0 Å². The summed E-state index contributed by atoms with van der Waals surface area (Å²) in [5.74, 6) is 0.630. The van der Waals surface area contributed by atoms with E-state index in [-0.39, 0.29) is 5.75 Å². The molecule has 0 atom stereocenters. The zero-order valence-electron chi connectivity index (χ0n) is 10.6. The highest BCUT2D eigenvalue weighted by molar-refractivity contribution is 9.11. The van der Waals surface area contributed by atoms with Gasteiger partial charge in [0.05, 0.1) is 12.8 Å². The van der Waals surface area contributed by atoms with Crippen LogP contribution in [0.5, 0.6) is 11.5 Å². The maximum atomic E-state index is 10.1. The van der Waals surface area contributed by atoms with Crippen molar-refractivity contribution in [3.05, 3.63) is 49.3 Å². The molecular formula is C14H12Br3NO2. The molecule has 0 aliphatic carbocycles. The van der Waals surface area contributed by atoms with Crippen LogP contribution in [0.4, 0.5) is 5.69 Å². The number of hydrogen-bond donors (Lipinski definition) is 2. The van der Waals surface area contributed by atoms with Gasteiger partial charge in [-0.1, -0.05) is 28.1 Å². The van der Waals surface area contributed by atoms with E-state index in [1.54, 1.807) is 6.07 Å². The van der Waals surface area contributed by atoms with Crippen LogP contribution >= 0.6 is 47.8 Å². The topological polar surface area (TPSA) is 41.5 Å². The first kappa shape index (κ1) is 15.7. The fourth-order valence-corrected chi connectivity index (χ4v) is 4.31. The van der Waals surface area contributed by atoms with Gasteiger partial charge in [-0.15, -0.1) is 0 Å². The number of phenols is 1. The molecule has 6 heteroatoms. The van der Waals surface area contributed by atoms with Crippen molar-refractivity contribution in [1.82, 2.24) is 0 Å². The maximum absolute atomic E-state index is 10.1. The molecule has 20 heavy (non-hydrogen) atoms. The minimum atomic E-state index is 0.159. The van der Waals surface area contributed by atoms with Crippen molar-refractivity contribution in [3.63, 3.8) is 0 Å². The predicted molar refractivity (Wildman–Crippen MR) is 91.5 cm³/mol. The highest BCUT2D eigenvalue weighted by Crippen LogP contribution is 2.36. The molecule has 0 unspecified atom stereocenters. The fraction of sp³-hybridized carbons (Fsp3) is 0.143. The standard InChI is InChI=1S/C14H12Br3NO2/c1-20-12-4-2-3-8(14(12)19)7-18-13-10(16)5-9(15)6-11(13)17/h2-6,18-19H,7H2,1H3. The van der Waals surface area contributed by atoms with E-state index in [0.29, 0.717) is 12.3 Å². The van der Waals surface area contributed by atoms with E-state index < -0.39 is 0 Å². The molecule has 0 aliphatic rings. The van der Waals surface area contributed by atoms with E-state index in [0.717, 1.165) is 24.7 Å². The molecule has 0 fully saturated rings. The Bertz CT molecular complexity index is 609. The average molecular weight is 466 g/mol. The summed E-state index contributed by atoms with van der Waals surface area (Å²) in [7, 11) is 1.54. The number of hydrogen-bond acceptors (Lipinski definition) is 3. The number of benzene rings is 2. The zero-order valence-corrected chi connectivity index (χ0v) is 15.3. The minimum absolute atomic E-state index is 0.159. The van der Waals surface area contributed by atoms with Gasteiger partial charge in [-0.2, -0.15) is 0 Å². The van der Waals surface area contributed by atoms with Crippen molar-refractivity contribution in [3.8, 4) is 11.5 Å². The number of aromatic hydroxyl groups is 1. The van der Waals surface area contributed by atoms with Crippen molar-refractivity contribution >= 4 is 53.5 Å². The van der Waals surface area contributed by atoms with E-state index >= 15 is 0 Å². The smallest absolute Gasteiger partial charge is 0.162 e. The van der Waals surface area contributed by atoms with Gasteiger partial charge in [-0.3, -0.25) is 0 Å². The molecule has 0 spiro atoms. The molecule has 3 nitrogen and oxygen atoms in total. The summed E-state index contributed by atoms with van der Waals surface area (Å²) in [6.45, 7) is 0.488. The molecule has 2 rings (SSSR count). The molecule has 0 saturated heterocycles. The first-order valence-corrected chi connectivity index (χ1v) is 8.14. The number of anilines is 1. The quantitative estimate of drug-likeness (QED) is 0.643. The van der Waals surface area contributed by atoms with Crippen LogP contribution in [0.3, 0.4) is 0 Å². The SMILES string of the molecule is COc1cccc(CNc2c(Br)cc(Br)cc2Br)c1O. The maximum Gasteiger partial charge on any atom is 0.162 e. The van der Waals surface area contributed by atoms with E-state index in [1.165, 1.54) is 7.11 Å². The minimum Gasteiger partial charge on any atom is -0.504 e. The molecule has 0 amide bonds. The van der Waals surface area contributed by atoms with Gasteiger partial charge in [0.1, 0.15) is 0 Å². The van der Waals surface area contributed by atoms with Gasteiger partial charge in [0.25, 0.3) is 0 Å². The van der Waals surface area contributed by atoms with E-state index in [9.17, 15) is 5.11 Å². The number of nitrogens with one attached hydrogen (secondary N) is 1. The molecule has 0 heterocycles. The number of ether oxygens (including phenoxy) is 1. The van der Waals surface area contributed by atoms with Gasteiger partial charge in [-0.25, -0.2) is 0 Å². The Morgan fingerprint density at radius 1 is 1.15 bits per heavy atom. The first-order chi connectivity index (χ1) is 9.52.